The molecule has 18 heavy (non-hydrogen) atoms. The van der Waals surface area contributed by atoms with Crippen molar-refractivity contribution in [3.8, 4) is 0 Å². The van der Waals surface area contributed by atoms with Crippen molar-refractivity contribution >= 4 is 5.78 Å². The van der Waals surface area contributed by atoms with E-state index in [9.17, 15) is 9.90 Å². The Morgan fingerprint density at radius 1 is 1.44 bits per heavy atom. The fraction of sp³-hybridized carbons (Fsp3) is 0.800. The summed E-state index contributed by atoms with van der Waals surface area (Å²) in [4.78, 5) is 11.8. The van der Waals surface area contributed by atoms with E-state index in [-0.39, 0.29) is 23.2 Å². The third-order valence-corrected chi connectivity index (χ3v) is 5.68. The van der Waals surface area contributed by atoms with E-state index in [1.807, 2.05) is 6.08 Å². The van der Waals surface area contributed by atoms with E-state index in [4.69, 9.17) is 4.74 Å². The molecule has 0 aromatic carbocycles. The first-order valence-corrected chi connectivity index (χ1v) is 7.02. The van der Waals surface area contributed by atoms with Crippen molar-refractivity contribution in [1.82, 2.24) is 0 Å². The normalized spacial score (nSPS) is 51.7. The highest BCUT2D eigenvalue weighted by molar-refractivity contribution is 5.92. The van der Waals surface area contributed by atoms with Crippen LogP contribution >= 0.6 is 0 Å². The highest BCUT2D eigenvalue weighted by Crippen LogP contribution is 2.58. The Balaban J connectivity index is 2.05. The monoisotopic (exact) mass is 250 g/mol. The quantitative estimate of drug-likeness (QED) is 0.717. The number of aliphatic hydroxyl groups is 1. The van der Waals surface area contributed by atoms with E-state index in [1.165, 1.54) is 5.57 Å². The lowest BCUT2D eigenvalue weighted by atomic mass is 9.53. The molecule has 0 aromatic heterocycles. The topological polar surface area (TPSA) is 46.5 Å². The summed E-state index contributed by atoms with van der Waals surface area (Å²) in [5.41, 5.74) is 1.31. The van der Waals surface area contributed by atoms with E-state index in [0.717, 1.165) is 12.8 Å². The molecule has 100 valence electrons. The summed E-state index contributed by atoms with van der Waals surface area (Å²) in [6, 6.07) is 0. The molecule has 3 nitrogen and oxygen atoms in total. The number of hydrogen-bond donors (Lipinski definition) is 1. The number of hydrogen-bond acceptors (Lipinski definition) is 3. The molecule has 0 radical (unpaired) electrons. The fourth-order valence-electron chi connectivity index (χ4n) is 4.50. The fourth-order valence-corrected chi connectivity index (χ4v) is 4.50. The molecule has 0 bridgehead atoms. The number of fused-ring (bicyclic) bond motifs is 3. The minimum Gasteiger partial charge on any atom is -0.368 e. The molecule has 0 aromatic rings. The van der Waals surface area contributed by atoms with Crippen molar-refractivity contribution < 1.29 is 14.6 Å². The summed E-state index contributed by atoms with van der Waals surface area (Å²) in [6.07, 6.45) is 3.90. The largest absolute Gasteiger partial charge is 0.368 e. The van der Waals surface area contributed by atoms with Gasteiger partial charge in [0.05, 0.1) is 6.10 Å². The smallest absolute Gasteiger partial charge is 0.157 e. The van der Waals surface area contributed by atoms with E-state index < -0.39 is 6.29 Å². The molecule has 1 saturated carbocycles. The molecular formula is C15H22O3. The maximum Gasteiger partial charge on any atom is 0.157 e. The van der Waals surface area contributed by atoms with Gasteiger partial charge in [0, 0.05) is 18.3 Å². The summed E-state index contributed by atoms with van der Waals surface area (Å²) in [5, 5.41) is 9.96. The highest BCUT2D eigenvalue weighted by atomic mass is 16.6. The molecule has 0 amide bonds. The van der Waals surface area contributed by atoms with Crippen LogP contribution in [0.15, 0.2) is 11.6 Å². The van der Waals surface area contributed by atoms with Crippen LogP contribution in [-0.2, 0) is 9.53 Å². The van der Waals surface area contributed by atoms with Crippen molar-refractivity contribution in [2.24, 2.45) is 23.2 Å². The maximum absolute atomic E-state index is 11.8. The summed E-state index contributed by atoms with van der Waals surface area (Å²) in [6.45, 7) is 6.52. The molecule has 1 heterocycles. The molecule has 2 aliphatic carbocycles. The molecule has 1 saturated heterocycles. The van der Waals surface area contributed by atoms with Crippen LogP contribution in [0.5, 0.6) is 0 Å². The molecule has 0 unspecified atom stereocenters. The van der Waals surface area contributed by atoms with Crippen LogP contribution in [-0.4, -0.2) is 23.3 Å². The molecule has 6 atom stereocenters. The van der Waals surface area contributed by atoms with Crippen molar-refractivity contribution in [3.63, 3.8) is 0 Å². The Hall–Kier alpha value is -0.670. The summed E-state index contributed by atoms with van der Waals surface area (Å²) < 4.78 is 5.71. The number of aliphatic hydroxyl groups excluding tert-OH is 1. The number of ketones is 1. The first-order chi connectivity index (χ1) is 8.44. The number of carbonyl (C=O) groups excluding carboxylic acids is 1. The zero-order valence-corrected chi connectivity index (χ0v) is 11.3. The van der Waals surface area contributed by atoms with Crippen LogP contribution in [0.1, 0.15) is 40.0 Å². The van der Waals surface area contributed by atoms with Gasteiger partial charge in [0.25, 0.3) is 0 Å². The number of rotatable bonds is 0. The minimum atomic E-state index is -0.638. The van der Waals surface area contributed by atoms with E-state index in [2.05, 4.69) is 20.8 Å². The van der Waals surface area contributed by atoms with Gasteiger partial charge in [0.2, 0.25) is 0 Å². The van der Waals surface area contributed by atoms with Crippen molar-refractivity contribution in [3.05, 3.63) is 11.6 Å². The second kappa shape index (κ2) is 3.91. The van der Waals surface area contributed by atoms with Crippen LogP contribution in [0.25, 0.3) is 0 Å². The zero-order chi connectivity index (χ0) is 13.1. The van der Waals surface area contributed by atoms with Gasteiger partial charge < -0.3 is 9.84 Å². The molecule has 2 fully saturated rings. The van der Waals surface area contributed by atoms with Crippen molar-refractivity contribution in [2.45, 2.75) is 52.4 Å². The zero-order valence-electron chi connectivity index (χ0n) is 11.3. The molecule has 0 spiro atoms. The molecule has 1 aliphatic heterocycles. The number of ether oxygens (including phenoxy) is 1. The van der Waals surface area contributed by atoms with E-state index in [1.54, 1.807) is 0 Å². The van der Waals surface area contributed by atoms with Crippen LogP contribution in [0.4, 0.5) is 0 Å². The second-order valence-corrected chi connectivity index (χ2v) is 6.51. The lowest BCUT2D eigenvalue weighted by Crippen LogP contribution is -2.48. The Bertz CT molecular complexity index is 414. The predicted octanol–water partition coefficient (Wildman–Crippen LogP) is 2.29. The van der Waals surface area contributed by atoms with Crippen LogP contribution in [0.2, 0.25) is 0 Å². The van der Waals surface area contributed by atoms with Gasteiger partial charge in [-0.25, -0.2) is 0 Å². The average molecular weight is 250 g/mol. The summed E-state index contributed by atoms with van der Waals surface area (Å²) in [5.74, 6) is 1.10. The maximum atomic E-state index is 11.8. The lowest BCUT2D eigenvalue weighted by Gasteiger charge is -2.51. The minimum absolute atomic E-state index is 0.0216. The van der Waals surface area contributed by atoms with Gasteiger partial charge in [-0.3, -0.25) is 4.79 Å². The summed E-state index contributed by atoms with van der Waals surface area (Å²) in [7, 11) is 0. The lowest BCUT2D eigenvalue weighted by molar-refractivity contribution is -0.120. The Kier molecular flexibility index (Phi) is 2.69. The molecule has 3 heteroatoms. The number of carbonyl (C=O) groups is 1. The van der Waals surface area contributed by atoms with E-state index in [0.29, 0.717) is 18.3 Å². The van der Waals surface area contributed by atoms with Gasteiger partial charge in [-0.05, 0) is 30.3 Å². The van der Waals surface area contributed by atoms with Crippen molar-refractivity contribution in [1.29, 1.82) is 0 Å². The third-order valence-electron chi connectivity index (χ3n) is 5.68. The van der Waals surface area contributed by atoms with Gasteiger partial charge in [-0.15, -0.1) is 0 Å². The van der Waals surface area contributed by atoms with Gasteiger partial charge in [-0.2, -0.15) is 0 Å². The first kappa shape index (κ1) is 12.4. The highest BCUT2D eigenvalue weighted by Gasteiger charge is 2.57. The van der Waals surface area contributed by atoms with Gasteiger partial charge >= 0.3 is 0 Å². The Labute approximate surface area is 108 Å². The molecule has 3 rings (SSSR count). The standard InChI is InChI=1S/C15H22O3/c1-8-6-11(16)7-10-4-5-12-13(15(8,10)3)9(2)14(17)18-12/h7-9,12-14,17H,4-6H2,1-3H3/t8-,9-,12+,13-,14-,15+/m0/s1. The molecular weight excluding hydrogens is 228 g/mol. The third kappa shape index (κ3) is 1.47. The van der Waals surface area contributed by atoms with E-state index >= 15 is 0 Å². The molecule has 1 N–H and O–H groups in total. The predicted molar refractivity (Wildman–Crippen MR) is 67.7 cm³/mol. The van der Waals surface area contributed by atoms with Crippen LogP contribution in [0.3, 0.4) is 0 Å². The summed E-state index contributed by atoms with van der Waals surface area (Å²) >= 11 is 0. The van der Waals surface area contributed by atoms with Crippen molar-refractivity contribution in [2.75, 3.05) is 0 Å². The van der Waals surface area contributed by atoms with Gasteiger partial charge in [0.1, 0.15) is 0 Å². The molecule has 3 aliphatic rings. The second-order valence-electron chi connectivity index (χ2n) is 6.51. The van der Waals surface area contributed by atoms with Crippen LogP contribution in [0, 0.1) is 23.2 Å². The first-order valence-electron chi connectivity index (χ1n) is 7.02. The SMILES string of the molecule is C[C@H]1[C@H]2[C@@H](CCC3=CC(=O)C[C@H](C)[C@]32C)O[C@@H]1O. The Morgan fingerprint density at radius 3 is 2.89 bits per heavy atom. The average Bonchev–Trinajstić information content (AvgIpc) is 2.58. The van der Waals surface area contributed by atoms with Crippen LogP contribution < -0.4 is 0 Å². The van der Waals surface area contributed by atoms with Gasteiger partial charge in [0.15, 0.2) is 12.1 Å². The number of allylic oxidation sites excluding steroid dienone is 2. The van der Waals surface area contributed by atoms with Gasteiger partial charge in [-0.1, -0.05) is 26.3 Å². The Morgan fingerprint density at radius 2 is 2.17 bits per heavy atom.